The lowest BCUT2D eigenvalue weighted by Gasteiger charge is -2.24. The predicted molar refractivity (Wildman–Crippen MR) is 82.5 cm³/mol. The Labute approximate surface area is 127 Å². The van der Waals surface area contributed by atoms with Crippen molar-refractivity contribution in [1.29, 1.82) is 0 Å². The molecule has 106 valence electrons. The fourth-order valence-corrected chi connectivity index (χ4v) is 2.97. The molecule has 0 saturated heterocycles. The molecule has 0 aliphatic carbocycles. The topological polar surface area (TPSA) is 46.1 Å². The first-order chi connectivity index (χ1) is 9.52. The van der Waals surface area contributed by atoms with Crippen molar-refractivity contribution >= 4 is 34.5 Å². The number of anilines is 1. The molecule has 1 aromatic carbocycles. The molecule has 4 nitrogen and oxygen atoms in total. The summed E-state index contributed by atoms with van der Waals surface area (Å²) in [6.45, 7) is 6.28. The van der Waals surface area contributed by atoms with Crippen molar-refractivity contribution in [2.24, 2.45) is 0 Å². The van der Waals surface area contributed by atoms with Gasteiger partial charge in [0, 0.05) is 5.69 Å². The van der Waals surface area contributed by atoms with Crippen LogP contribution in [-0.2, 0) is 11.3 Å². The number of para-hydroxylation sites is 1. The lowest BCUT2D eigenvalue weighted by molar-refractivity contribution is -0.116. The second-order valence-electron chi connectivity index (χ2n) is 4.57. The largest absolute Gasteiger partial charge is 0.304 e. The average Bonchev–Trinajstić information content (AvgIpc) is 2.82. The summed E-state index contributed by atoms with van der Waals surface area (Å²) in [6, 6.07) is 5.96. The molecule has 0 aliphatic heterocycles. The molecule has 2 aromatic rings. The summed E-state index contributed by atoms with van der Waals surface area (Å²) >= 11 is 7.24. The van der Waals surface area contributed by atoms with E-state index in [1.54, 1.807) is 4.90 Å². The van der Waals surface area contributed by atoms with Crippen LogP contribution in [0.3, 0.4) is 0 Å². The second kappa shape index (κ2) is 6.33. The minimum Gasteiger partial charge on any atom is -0.304 e. The lowest BCUT2D eigenvalue weighted by Crippen LogP contribution is -2.32. The van der Waals surface area contributed by atoms with Gasteiger partial charge in [0.25, 0.3) is 0 Å². The van der Waals surface area contributed by atoms with E-state index in [9.17, 15) is 4.79 Å². The summed E-state index contributed by atoms with van der Waals surface area (Å²) in [5, 5.41) is 9.78. The molecule has 0 saturated carbocycles. The van der Waals surface area contributed by atoms with E-state index in [4.69, 9.17) is 11.6 Å². The van der Waals surface area contributed by atoms with Crippen LogP contribution in [-0.4, -0.2) is 22.0 Å². The number of hydrogen-bond acceptors (Lipinski definition) is 4. The molecule has 1 amide bonds. The Morgan fingerprint density at radius 2 is 1.90 bits per heavy atom. The van der Waals surface area contributed by atoms with Gasteiger partial charge in [0.2, 0.25) is 5.91 Å². The molecule has 1 heterocycles. The van der Waals surface area contributed by atoms with Gasteiger partial charge >= 0.3 is 0 Å². The third kappa shape index (κ3) is 3.16. The van der Waals surface area contributed by atoms with Crippen LogP contribution in [0.2, 0.25) is 0 Å². The zero-order valence-corrected chi connectivity index (χ0v) is 13.3. The van der Waals surface area contributed by atoms with E-state index < -0.39 is 0 Å². The maximum absolute atomic E-state index is 12.2. The van der Waals surface area contributed by atoms with Gasteiger partial charge in [0.1, 0.15) is 15.9 Å². The molecule has 20 heavy (non-hydrogen) atoms. The monoisotopic (exact) mass is 309 g/mol. The lowest BCUT2D eigenvalue weighted by atomic mass is 10.1. The normalized spacial score (nSPS) is 10.6. The summed E-state index contributed by atoms with van der Waals surface area (Å²) in [5.41, 5.74) is 3.00. The molecule has 0 N–H and O–H groups in total. The summed E-state index contributed by atoms with van der Waals surface area (Å²) in [5.74, 6) is -0.178. The van der Waals surface area contributed by atoms with Crippen LogP contribution >= 0.6 is 22.9 Å². The summed E-state index contributed by atoms with van der Waals surface area (Å²) in [4.78, 5) is 13.9. The second-order valence-corrected chi connectivity index (χ2v) is 6.10. The number of aryl methyl sites for hydroxylation is 3. The molecule has 0 atom stereocenters. The van der Waals surface area contributed by atoms with Crippen LogP contribution in [0.15, 0.2) is 18.2 Å². The van der Waals surface area contributed by atoms with Crippen LogP contribution in [0.4, 0.5) is 5.69 Å². The summed E-state index contributed by atoms with van der Waals surface area (Å²) in [6.07, 6.45) is 0. The highest BCUT2D eigenvalue weighted by molar-refractivity contribution is 7.11. The number of hydrogen-bond donors (Lipinski definition) is 0. The number of benzene rings is 1. The number of carbonyl (C=O) groups is 1. The fourth-order valence-electron chi connectivity index (χ4n) is 2.13. The van der Waals surface area contributed by atoms with Crippen molar-refractivity contribution in [1.82, 2.24) is 10.2 Å². The number of halogens is 1. The molecule has 0 spiro atoms. The Kier molecular flexibility index (Phi) is 4.73. The third-order valence-electron chi connectivity index (χ3n) is 2.99. The van der Waals surface area contributed by atoms with Crippen LogP contribution in [0.5, 0.6) is 0 Å². The fraction of sp³-hybridized carbons (Fsp3) is 0.357. The Morgan fingerprint density at radius 3 is 2.40 bits per heavy atom. The van der Waals surface area contributed by atoms with E-state index in [0.29, 0.717) is 6.54 Å². The van der Waals surface area contributed by atoms with Crippen LogP contribution in [0.1, 0.15) is 21.1 Å². The number of alkyl halides is 1. The van der Waals surface area contributed by atoms with E-state index in [1.165, 1.54) is 11.3 Å². The quantitative estimate of drug-likeness (QED) is 0.815. The Bertz CT molecular complexity index is 606. The SMILES string of the molecule is Cc1nnc(CN(C(=O)CCl)c2c(C)cccc2C)s1. The number of amides is 1. The van der Waals surface area contributed by atoms with Gasteiger partial charge in [-0.15, -0.1) is 21.8 Å². The standard InChI is InChI=1S/C14H16ClN3OS/c1-9-5-4-6-10(2)14(9)18(13(19)7-15)8-12-17-16-11(3)20-12/h4-6H,7-8H2,1-3H3. The van der Waals surface area contributed by atoms with Crippen molar-refractivity contribution in [2.45, 2.75) is 27.3 Å². The number of aromatic nitrogens is 2. The van der Waals surface area contributed by atoms with Crippen LogP contribution in [0, 0.1) is 20.8 Å². The van der Waals surface area contributed by atoms with Gasteiger partial charge in [0.15, 0.2) is 0 Å². The van der Waals surface area contributed by atoms with E-state index >= 15 is 0 Å². The minimum absolute atomic E-state index is 0.0500. The highest BCUT2D eigenvalue weighted by atomic mass is 35.5. The first-order valence-corrected chi connectivity index (χ1v) is 7.59. The van der Waals surface area contributed by atoms with Gasteiger partial charge in [-0.25, -0.2) is 0 Å². The van der Waals surface area contributed by atoms with Gasteiger partial charge in [-0.05, 0) is 31.9 Å². The molecule has 0 fully saturated rings. The maximum Gasteiger partial charge on any atom is 0.242 e. The van der Waals surface area contributed by atoms with Crippen LogP contribution < -0.4 is 4.90 Å². The van der Waals surface area contributed by atoms with Gasteiger partial charge in [-0.3, -0.25) is 4.79 Å². The Balaban J connectivity index is 2.40. The highest BCUT2D eigenvalue weighted by Crippen LogP contribution is 2.27. The molecular formula is C14H16ClN3OS. The molecule has 6 heteroatoms. The third-order valence-corrected chi connectivity index (χ3v) is 4.04. The molecule has 2 rings (SSSR count). The first kappa shape index (κ1) is 14.9. The summed E-state index contributed by atoms with van der Waals surface area (Å²) < 4.78 is 0. The number of rotatable bonds is 4. The smallest absolute Gasteiger partial charge is 0.242 e. The van der Waals surface area contributed by atoms with Crippen molar-refractivity contribution in [3.63, 3.8) is 0 Å². The summed E-state index contributed by atoms with van der Waals surface area (Å²) in [7, 11) is 0. The maximum atomic E-state index is 12.2. The minimum atomic E-state index is -0.128. The molecule has 0 aliphatic rings. The number of nitrogens with zero attached hydrogens (tertiary/aromatic N) is 3. The van der Waals surface area contributed by atoms with Crippen molar-refractivity contribution in [3.05, 3.63) is 39.3 Å². The number of carbonyl (C=O) groups excluding carboxylic acids is 1. The van der Waals surface area contributed by atoms with E-state index in [1.807, 2.05) is 39.0 Å². The molecule has 0 bridgehead atoms. The van der Waals surface area contributed by atoms with E-state index in [2.05, 4.69) is 10.2 Å². The zero-order chi connectivity index (χ0) is 14.7. The van der Waals surface area contributed by atoms with Crippen molar-refractivity contribution in [3.8, 4) is 0 Å². The molecular weight excluding hydrogens is 294 g/mol. The molecule has 0 radical (unpaired) electrons. The average molecular weight is 310 g/mol. The van der Waals surface area contributed by atoms with Crippen molar-refractivity contribution < 1.29 is 4.79 Å². The zero-order valence-electron chi connectivity index (χ0n) is 11.7. The van der Waals surface area contributed by atoms with Gasteiger partial charge < -0.3 is 4.90 Å². The van der Waals surface area contributed by atoms with Gasteiger partial charge in [-0.1, -0.05) is 29.5 Å². The van der Waals surface area contributed by atoms with Gasteiger partial charge in [0.05, 0.1) is 6.54 Å². The van der Waals surface area contributed by atoms with E-state index in [-0.39, 0.29) is 11.8 Å². The Hall–Kier alpha value is -1.46. The van der Waals surface area contributed by atoms with E-state index in [0.717, 1.165) is 26.8 Å². The van der Waals surface area contributed by atoms with Crippen molar-refractivity contribution in [2.75, 3.05) is 10.8 Å². The van der Waals surface area contributed by atoms with Crippen LogP contribution in [0.25, 0.3) is 0 Å². The first-order valence-electron chi connectivity index (χ1n) is 6.24. The van der Waals surface area contributed by atoms with Gasteiger partial charge in [-0.2, -0.15) is 0 Å². The highest BCUT2D eigenvalue weighted by Gasteiger charge is 2.20. The predicted octanol–water partition coefficient (Wildman–Crippen LogP) is 3.24. The molecule has 1 aromatic heterocycles. The molecule has 0 unspecified atom stereocenters. The Morgan fingerprint density at radius 1 is 1.25 bits per heavy atom.